The minimum Gasteiger partial charge on any atom is -0.474 e. The third-order valence-corrected chi connectivity index (χ3v) is 5.62. The maximum Gasteiger partial charge on any atom is 0.224 e. The van der Waals surface area contributed by atoms with Crippen molar-refractivity contribution in [1.82, 2.24) is 29.6 Å². The van der Waals surface area contributed by atoms with E-state index in [-0.39, 0.29) is 6.10 Å². The highest BCUT2D eigenvalue weighted by molar-refractivity contribution is 5.86. The van der Waals surface area contributed by atoms with E-state index in [1.807, 2.05) is 20.2 Å². The summed E-state index contributed by atoms with van der Waals surface area (Å²) >= 11 is 0. The van der Waals surface area contributed by atoms with E-state index in [4.69, 9.17) is 4.74 Å². The van der Waals surface area contributed by atoms with Gasteiger partial charge in [0.05, 0.1) is 23.6 Å². The Morgan fingerprint density at radius 3 is 2.69 bits per heavy atom. The van der Waals surface area contributed by atoms with Gasteiger partial charge in [-0.05, 0) is 44.9 Å². The van der Waals surface area contributed by atoms with Crippen molar-refractivity contribution >= 4 is 16.6 Å². The molecule has 3 heterocycles. The Morgan fingerprint density at radius 2 is 1.93 bits per heavy atom. The van der Waals surface area contributed by atoms with Crippen LogP contribution in [0.15, 0.2) is 30.9 Å². The van der Waals surface area contributed by atoms with Gasteiger partial charge in [-0.3, -0.25) is 4.90 Å². The van der Waals surface area contributed by atoms with Gasteiger partial charge in [-0.15, -0.1) is 10.2 Å². The molecule has 152 valence electrons. The Bertz CT molecular complexity index is 990. The van der Waals surface area contributed by atoms with E-state index in [1.165, 1.54) is 18.5 Å². The van der Waals surface area contributed by atoms with Crippen LogP contribution in [0.25, 0.3) is 10.9 Å². The monoisotopic (exact) mass is 393 g/mol. The molecule has 2 aromatic heterocycles. The number of aromatic nitrogens is 5. The Morgan fingerprint density at radius 1 is 1.10 bits per heavy atom. The van der Waals surface area contributed by atoms with Gasteiger partial charge in [-0.2, -0.15) is 0 Å². The van der Waals surface area contributed by atoms with Crippen LogP contribution in [0.3, 0.4) is 0 Å². The zero-order valence-electron chi connectivity index (χ0n) is 17.0. The first-order valence-corrected chi connectivity index (χ1v) is 10.4. The predicted octanol–water partition coefficient (Wildman–Crippen LogP) is 2.67. The van der Waals surface area contributed by atoms with Gasteiger partial charge >= 0.3 is 0 Å². The van der Waals surface area contributed by atoms with Gasteiger partial charge in [0, 0.05) is 37.9 Å². The molecule has 0 bridgehead atoms. The van der Waals surface area contributed by atoms with Gasteiger partial charge in [0.15, 0.2) is 0 Å². The molecule has 8 heteroatoms. The van der Waals surface area contributed by atoms with Crippen LogP contribution in [-0.4, -0.2) is 61.9 Å². The van der Waals surface area contributed by atoms with Crippen molar-refractivity contribution in [3.8, 4) is 5.88 Å². The van der Waals surface area contributed by atoms with Crippen LogP contribution >= 0.6 is 0 Å². The summed E-state index contributed by atoms with van der Waals surface area (Å²) in [5, 5.41) is 9.44. The first kappa shape index (κ1) is 18.3. The van der Waals surface area contributed by atoms with Crippen LogP contribution in [-0.2, 0) is 6.54 Å². The lowest BCUT2D eigenvalue weighted by Crippen LogP contribution is -2.46. The quantitative estimate of drug-likeness (QED) is 0.637. The van der Waals surface area contributed by atoms with E-state index in [1.54, 1.807) is 6.33 Å². The number of benzene rings is 1. The molecular weight excluding hydrogens is 366 g/mol. The summed E-state index contributed by atoms with van der Waals surface area (Å²) in [5.41, 5.74) is 2.11. The minimum absolute atomic E-state index is 0.0815. The molecule has 29 heavy (non-hydrogen) atoms. The lowest BCUT2D eigenvalue weighted by Gasteiger charge is -2.36. The van der Waals surface area contributed by atoms with E-state index in [2.05, 4.69) is 52.7 Å². The Balaban J connectivity index is 1.27. The van der Waals surface area contributed by atoms with Crippen LogP contribution in [0.5, 0.6) is 5.88 Å². The third-order valence-electron chi connectivity index (χ3n) is 5.62. The van der Waals surface area contributed by atoms with Crippen molar-refractivity contribution in [3.63, 3.8) is 0 Å². The van der Waals surface area contributed by atoms with E-state index >= 15 is 0 Å². The molecule has 5 rings (SSSR count). The number of ether oxygens (including phenoxy) is 1. The van der Waals surface area contributed by atoms with E-state index in [0.29, 0.717) is 11.9 Å². The van der Waals surface area contributed by atoms with Gasteiger partial charge < -0.3 is 14.2 Å². The summed E-state index contributed by atoms with van der Waals surface area (Å²) < 4.78 is 8.14. The summed E-state index contributed by atoms with van der Waals surface area (Å²) in [7, 11) is 0. The highest BCUT2D eigenvalue weighted by Gasteiger charge is 2.27. The molecule has 0 atom stereocenters. The summed E-state index contributed by atoms with van der Waals surface area (Å²) in [4.78, 5) is 13.6. The Labute approximate surface area is 170 Å². The number of fused-ring (bicyclic) bond motifs is 1. The summed E-state index contributed by atoms with van der Waals surface area (Å²) in [5.74, 6) is 1.75. The molecule has 0 spiro atoms. The summed E-state index contributed by atoms with van der Waals surface area (Å²) in [6.07, 6.45) is 6.05. The van der Waals surface area contributed by atoms with Crippen molar-refractivity contribution in [1.29, 1.82) is 0 Å². The molecule has 1 aliphatic heterocycles. The fourth-order valence-electron chi connectivity index (χ4n) is 3.94. The number of rotatable bonds is 6. The van der Waals surface area contributed by atoms with Crippen molar-refractivity contribution < 1.29 is 4.74 Å². The fraction of sp³-hybridized carbons (Fsp3) is 0.524. The molecule has 8 nitrogen and oxygen atoms in total. The molecule has 0 N–H and O–H groups in total. The topological polar surface area (TPSA) is 72.2 Å². The highest BCUT2D eigenvalue weighted by Crippen LogP contribution is 2.35. The number of nitrogens with zero attached hydrogens (tertiary/aromatic N) is 7. The second-order valence-electron chi connectivity index (χ2n) is 8.20. The SMILES string of the molecule is CC(C)Oc1ncnc2ccc(N3CCN(Cc4nncn4C4CC4)CC3)cc12. The van der Waals surface area contributed by atoms with Gasteiger partial charge in [0.1, 0.15) is 18.5 Å². The number of hydrogen-bond donors (Lipinski definition) is 0. The van der Waals surface area contributed by atoms with E-state index in [9.17, 15) is 0 Å². The largest absolute Gasteiger partial charge is 0.474 e. The highest BCUT2D eigenvalue weighted by atomic mass is 16.5. The molecule has 0 unspecified atom stereocenters. The Kier molecular flexibility index (Phi) is 4.79. The number of hydrogen-bond acceptors (Lipinski definition) is 7. The molecule has 2 fully saturated rings. The first-order valence-electron chi connectivity index (χ1n) is 10.4. The maximum absolute atomic E-state index is 5.89. The molecule has 0 radical (unpaired) electrons. The van der Waals surface area contributed by atoms with Crippen LogP contribution in [0, 0.1) is 0 Å². The number of piperazine rings is 1. The number of anilines is 1. The molecule has 1 saturated carbocycles. The molecular formula is C21H27N7O. The lowest BCUT2D eigenvalue weighted by atomic mass is 10.2. The maximum atomic E-state index is 5.89. The van der Waals surface area contributed by atoms with Gasteiger partial charge in [0.2, 0.25) is 5.88 Å². The molecule has 3 aromatic rings. The van der Waals surface area contributed by atoms with Gasteiger partial charge in [0.25, 0.3) is 0 Å². The zero-order chi connectivity index (χ0) is 19.8. The second kappa shape index (κ2) is 7.59. The Hall–Kier alpha value is -2.74. The predicted molar refractivity (Wildman–Crippen MR) is 111 cm³/mol. The average molecular weight is 393 g/mol. The van der Waals surface area contributed by atoms with Crippen molar-refractivity contribution in [2.75, 3.05) is 31.1 Å². The second-order valence-corrected chi connectivity index (χ2v) is 8.20. The summed E-state index contributed by atoms with van der Waals surface area (Å²) in [6.45, 7) is 8.89. The molecule has 0 amide bonds. The molecule has 2 aliphatic rings. The van der Waals surface area contributed by atoms with Gasteiger partial charge in [-0.1, -0.05) is 0 Å². The van der Waals surface area contributed by atoms with Crippen LogP contribution in [0.4, 0.5) is 5.69 Å². The standard InChI is InChI=1S/C21H27N7O/c1-15(2)29-21-18-11-17(5-6-19(18)22-13-23-21)27-9-7-26(8-10-27)12-20-25-24-14-28(20)16-3-4-16/h5-6,11,13-16H,3-4,7-10,12H2,1-2H3. The first-order chi connectivity index (χ1) is 14.2. The normalized spacial score (nSPS) is 18.0. The molecule has 1 saturated heterocycles. The lowest BCUT2D eigenvalue weighted by molar-refractivity contribution is 0.235. The molecule has 1 aliphatic carbocycles. The minimum atomic E-state index is 0.0815. The molecule has 1 aromatic carbocycles. The fourth-order valence-corrected chi connectivity index (χ4v) is 3.94. The average Bonchev–Trinajstić information content (AvgIpc) is 3.47. The van der Waals surface area contributed by atoms with Crippen molar-refractivity contribution in [2.45, 2.75) is 45.4 Å². The van der Waals surface area contributed by atoms with E-state index < -0.39 is 0 Å². The third kappa shape index (κ3) is 3.89. The smallest absolute Gasteiger partial charge is 0.224 e. The van der Waals surface area contributed by atoms with Crippen LogP contribution in [0.1, 0.15) is 38.6 Å². The van der Waals surface area contributed by atoms with Gasteiger partial charge in [-0.25, -0.2) is 9.97 Å². The van der Waals surface area contributed by atoms with Crippen LogP contribution in [0.2, 0.25) is 0 Å². The van der Waals surface area contributed by atoms with E-state index in [0.717, 1.165) is 49.5 Å². The van der Waals surface area contributed by atoms with Crippen molar-refractivity contribution in [2.24, 2.45) is 0 Å². The summed E-state index contributed by atoms with van der Waals surface area (Å²) in [6, 6.07) is 6.99. The van der Waals surface area contributed by atoms with Crippen LogP contribution < -0.4 is 9.64 Å². The van der Waals surface area contributed by atoms with Crippen molar-refractivity contribution in [3.05, 3.63) is 36.7 Å². The zero-order valence-corrected chi connectivity index (χ0v) is 17.0.